The van der Waals surface area contributed by atoms with Gasteiger partial charge in [-0.25, -0.2) is 4.79 Å². The summed E-state index contributed by atoms with van der Waals surface area (Å²) >= 11 is 0. The van der Waals surface area contributed by atoms with Crippen LogP contribution in [0.2, 0.25) is 0 Å². The lowest BCUT2D eigenvalue weighted by Gasteiger charge is -2.40. The molecule has 0 aromatic carbocycles. The number of urea groups is 1. The first-order valence-corrected chi connectivity index (χ1v) is 3.37. The van der Waals surface area contributed by atoms with Crippen LogP contribution in [0.3, 0.4) is 0 Å². The highest BCUT2D eigenvalue weighted by Gasteiger charge is 2.37. The molecule has 0 aliphatic heterocycles. The van der Waals surface area contributed by atoms with Crippen molar-refractivity contribution in [3.8, 4) is 0 Å². The summed E-state index contributed by atoms with van der Waals surface area (Å²) in [5.74, 6) is 0. The van der Waals surface area contributed by atoms with E-state index in [1.807, 2.05) is 0 Å². The van der Waals surface area contributed by atoms with Crippen LogP contribution in [0.4, 0.5) is 4.79 Å². The summed E-state index contributed by atoms with van der Waals surface area (Å²) in [6.07, 6.45) is 2.74. The number of carbonyl (C=O) groups excluding carboxylic acids is 1. The smallest absolute Gasteiger partial charge is 0.312 e. The van der Waals surface area contributed by atoms with Gasteiger partial charge in [-0.2, -0.15) is 0 Å². The predicted octanol–water partition coefficient (Wildman–Crippen LogP) is -0.430. The molecule has 58 valence electrons. The number of amides is 2. The Hall–Kier alpha value is -0.770. The van der Waals surface area contributed by atoms with E-state index in [1.165, 1.54) is 0 Å². The van der Waals surface area contributed by atoms with Crippen LogP contribution < -0.4 is 11.1 Å². The molecular weight excluding hydrogens is 132 g/mol. The van der Waals surface area contributed by atoms with Crippen molar-refractivity contribution in [2.24, 2.45) is 5.73 Å². The maximum Gasteiger partial charge on any atom is 0.312 e. The Kier molecular flexibility index (Phi) is 1.80. The number of nitrogens with two attached hydrogens (primary N) is 1. The first-order valence-electron chi connectivity index (χ1n) is 3.37. The van der Waals surface area contributed by atoms with Gasteiger partial charge in [0.2, 0.25) is 0 Å². The third-order valence-corrected chi connectivity index (χ3v) is 2.00. The minimum Gasteiger partial charge on any atom is -0.394 e. The molecule has 1 fully saturated rings. The van der Waals surface area contributed by atoms with Gasteiger partial charge in [-0.3, -0.25) is 0 Å². The lowest BCUT2D eigenvalue weighted by molar-refractivity contribution is 0.0976. The van der Waals surface area contributed by atoms with Crippen LogP contribution in [0.1, 0.15) is 19.3 Å². The molecule has 1 saturated carbocycles. The topological polar surface area (TPSA) is 75.4 Å². The zero-order chi connectivity index (χ0) is 7.61. The Bertz CT molecular complexity index is 137. The monoisotopic (exact) mass is 144 g/mol. The lowest BCUT2D eigenvalue weighted by atomic mass is 9.77. The summed E-state index contributed by atoms with van der Waals surface area (Å²) in [6, 6.07) is -0.547. The highest BCUT2D eigenvalue weighted by molar-refractivity contribution is 5.72. The summed E-state index contributed by atoms with van der Waals surface area (Å²) in [4.78, 5) is 10.4. The van der Waals surface area contributed by atoms with E-state index < -0.39 is 6.03 Å². The number of primary amides is 1. The number of aliphatic hydroxyl groups excluding tert-OH is 1. The molecule has 1 aliphatic carbocycles. The van der Waals surface area contributed by atoms with E-state index in [0.717, 1.165) is 19.3 Å². The van der Waals surface area contributed by atoms with Crippen LogP contribution in [0.15, 0.2) is 0 Å². The van der Waals surface area contributed by atoms with E-state index in [0.29, 0.717) is 0 Å². The maximum atomic E-state index is 10.4. The fourth-order valence-corrected chi connectivity index (χ4v) is 1.19. The van der Waals surface area contributed by atoms with E-state index in [2.05, 4.69) is 5.32 Å². The van der Waals surface area contributed by atoms with E-state index in [-0.39, 0.29) is 12.1 Å². The van der Waals surface area contributed by atoms with Gasteiger partial charge in [-0.15, -0.1) is 0 Å². The second-order valence-electron chi connectivity index (χ2n) is 2.78. The highest BCUT2D eigenvalue weighted by Crippen LogP contribution is 2.30. The Balaban J connectivity index is 2.40. The third-order valence-electron chi connectivity index (χ3n) is 2.00. The van der Waals surface area contributed by atoms with Gasteiger partial charge in [0.25, 0.3) is 0 Å². The minimum absolute atomic E-state index is 0.00403. The number of nitrogens with one attached hydrogen (secondary N) is 1. The van der Waals surface area contributed by atoms with E-state index >= 15 is 0 Å². The average Bonchev–Trinajstić information content (AvgIpc) is 1.78. The largest absolute Gasteiger partial charge is 0.394 e. The summed E-state index contributed by atoms with van der Waals surface area (Å²) in [5, 5.41) is 11.3. The van der Waals surface area contributed by atoms with Crippen LogP contribution in [0.5, 0.6) is 0 Å². The molecule has 0 spiro atoms. The van der Waals surface area contributed by atoms with Gasteiger partial charge in [-0.1, -0.05) is 0 Å². The van der Waals surface area contributed by atoms with Gasteiger partial charge in [0.15, 0.2) is 0 Å². The molecule has 4 heteroatoms. The highest BCUT2D eigenvalue weighted by atomic mass is 16.3. The van der Waals surface area contributed by atoms with Crippen molar-refractivity contribution in [1.82, 2.24) is 5.32 Å². The van der Waals surface area contributed by atoms with Gasteiger partial charge < -0.3 is 16.2 Å². The third kappa shape index (κ3) is 1.21. The lowest BCUT2D eigenvalue weighted by Crippen LogP contribution is -2.57. The van der Waals surface area contributed by atoms with Gasteiger partial charge in [-0.05, 0) is 19.3 Å². The van der Waals surface area contributed by atoms with Crippen molar-refractivity contribution >= 4 is 6.03 Å². The Morgan fingerprint density at radius 1 is 1.70 bits per heavy atom. The molecule has 0 aromatic rings. The van der Waals surface area contributed by atoms with Gasteiger partial charge in [0, 0.05) is 0 Å². The molecule has 2 amide bonds. The normalized spacial score (nSPS) is 21.3. The SMILES string of the molecule is NC(=O)NC1(CO)CCC1. The van der Waals surface area contributed by atoms with Crippen LogP contribution in [0.25, 0.3) is 0 Å². The number of hydrogen-bond acceptors (Lipinski definition) is 2. The fourth-order valence-electron chi connectivity index (χ4n) is 1.19. The van der Waals surface area contributed by atoms with Crippen LogP contribution >= 0.6 is 0 Å². The molecule has 1 aliphatic rings. The maximum absolute atomic E-state index is 10.4. The summed E-state index contributed by atoms with van der Waals surface area (Å²) < 4.78 is 0. The van der Waals surface area contributed by atoms with E-state index in [9.17, 15) is 4.79 Å². The van der Waals surface area contributed by atoms with E-state index in [4.69, 9.17) is 10.8 Å². The standard InChI is InChI=1S/C6H12N2O2/c7-5(10)8-6(4-9)2-1-3-6/h9H,1-4H2,(H3,7,8,10). The fraction of sp³-hybridized carbons (Fsp3) is 0.833. The number of rotatable bonds is 2. The molecule has 4 N–H and O–H groups in total. The van der Waals surface area contributed by atoms with Gasteiger partial charge in [0.1, 0.15) is 0 Å². The van der Waals surface area contributed by atoms with Crippen LogP contribution in [-0.2, 0) is 0 Å². The van der Waals surface area contributed by atoms with Gasteiger partial charge >= 0.3 is 6.03 Å². The molecule has 0 saturated heterocycles. The Morgan fingerprint density at radius 3 is 2.40 bits per heavy atom. The first kappa shape index (κ1) is 7.34. The molecule has 0 aromatic heterocycles. The predicted molar refractivity (Wildman–Crippen MR) is 36.4 cm³/mol. The van der Waals surface area contributed by atoms with Crippen molar-refractivity contribution in [1.29, 1.82) is 0 Å². The van der Waals surface area contributed by atoms with Crippen LogP contribution in [-0.4, -0.2) is 23.3 Å². The Morgan fingerprint density at radius 2 is 2.30 bits per heavy atom. The van der Waals surface area contributed by atoms with Crippen molar-refractivity contribution in [2.75, 3.05) is 6.61 Å². The minimum atomic E-state index is -0.547. The molecule has 0 radical (unpaired) electrons. The summed E-state index contributed by atoms with van der Waals surface area (Å²) in [7, 11) is 0. The Labute approximate surface area is 59.4 Å². The number of aliphatic hydroxyl groups is 1. The van der Waals surface area contributed by atoms with E-state index in [1.54, 1.807) is 0 Å². The molecule has 0 atom stereocenters. The molecule has 1 rings (SSSR count). The second kappa shape index (κ2) is 2.46. The van der Waals surface area contributed by atoms with Crippen molar-refractivity contribution in [2.45, 2.75) is 24.8 Å². The zero-order valence-corrected chi connectivity index (χ0v) is 5.76. The summed E-state index contributed by atoms with van der Waals surface area (Å²) in [5.41, 5.74) is 4.52. The number of carbonyl (C=O) groups is 1. The molecule has 4 nitrogen and oxygen atoms in total. The number of hydrogen-bond donors (Lipinski definition) is 3. The molecule has 0 heterocycles. The second-order valence-corrected chi connectivity index (χ2v) is 2.78. The first-order chi connectivity index (χ1) is 4.68. The van der Waals surface area contributed by atoms with Gasteiger partial charge in [0.05, 0.1) is 12.1 Å². The molecular formula is C6H12N2O2. The van der Waals surface area contributed by atoms with Crippen LogP contribution in [0, 0.1) is 0 Å². The molecule has 10 heavy (non-hydrogen) atoms. The molecule has 0 bridgehead atoms. The quantitative estimate of drug-likeness (QED) is 0.492. The van der Waals surface area contributed by atoms with Crippen molar-refractivity contribution < 1.29 is 9.90 Å². The van der Waals surface area contributed by atoms with Crippen molar-refractivity contribution in [3.63, 3.8) is 0 Å². The molecule has 0 unspecified atom stereocenters. The zero-order valence-electron chi connectivity index (χ0n) is 5.76. The van der Waals surface area contributed by atoms with Crippen molar-refractivity contribution in [3.05, 3.63) is 0 Å². The summed E-state index contributed by atoms with van der Waals surface area (Å²) in [6.45, 7) is -0.00403. The average molecular weight is 144 g/mol.